The number of benzene rings is 3. The highest BCUT2D eigenvalue weighted by atomic mass is 19.1. The molecule has 146 valence electrons. The zero-order valence-corrected chi connectivity index (χ0v) is 16.2. The van der Waals surface area contributed by atoms with Crippen molar-refractivity contribution >= 4 is 0 Å². The van der Waals surface area contributed by atoms with Gasteiger partial charge in [0.15, 0.2) is 11.6 Å². The Hall–Kier alpha value is -3.21. The van der Waals surface area contributed by atoms with Crippen LogP contribution in [0.25, 0.3) is 11.1 Å². The number of hydrogen-bond donors (Lipinski definition) is 0. The number of rotatable bonds is 8. The molecule has 3 aromatic carbocycles. The van der Waals surface area contributed by atoms with Gasteiger partial charge in [0.2, 0.25) is 0 Å². The van der Waals surface area contributed by atoms with Crippen molar-refractivity contribution in [1.29, 1.82) is 0 Å². The zero-order valence-electron chi connectivity index (χ0n) is 16.2. The number of halogens is 1. The fourth-order valence-corrected chi connectivity index (χ4v) is 2.83. The van der Waals surface area contributed by atoms with E-state index in [2.05, 4.69) is 0 Å². The van der Waals surface area contributed by atoms with Crippen LogP contribution < -0.4 is 18.9 Å². The molecule has 4 nitrogen and oxygen atoms in total. The predicted molar refractivity (Wildman–Crippen MR) is 107 cm³/mol. The smallest absolute Gasteiger partial charge is 0.169 e. The second-order valence-corrected chi connectivity index (χ2v) is 6.21. The van der Waals surface area contributed by atoms with E-state index in [4.69, 9.17) is 18.9 Å². The van der Waals surface area contributed by atoms with Gasteiger partial charge < -0.3 is 18.9 Å². The van der Waals surface area contributed by atoms with E-state index >= 15 is 0 Å². The van der Waals surface area contributed by atoms with Crippen molar-refractivity contribution in [1.82, 2.24) is 0 Å². The van der Waals surface area contributed by atoms with Crippen LogP contribution in [0.3, 0.4) is 0 Å². The van der Waals surface area contributed by atoms with E-state index in [-0.39, 0.29) is 12.4 Å². The number of methoxy groups -OCH3 is 2. The van der Waals surface area contributed by atoms with Crippen LogP contribution in [-0.2, 0) is 0 Å². The lowest BCUT2D eigenvalue weighted by Gasteiger charge is -2.12. The lowest BCUT2D eigenvalue weighted by Crippen LogP contribution is -2.10. The molecule has 0 aliphatic rings. The zero-order chi connectivity index (χ0) is 19.9. The molecular weight excluding hydrogens is 359 g/mol. The lowest BCUT2D eigenvalue weighted by molar-refractivity contribution is 0.210. The summed E-state index contributed by atoms with van der Waals surface area (Å²) in [4.78, 5) is 0. The average Bonchev–Trinajstić information content (AvgIpc) is 2.73. The number of aryl methyl sites for hydroxylation is 1. The first kappa shape index (κ1) is 19.5. The molecule has 0 unspecified atom stereocenters. The molecule has 0 fully saturated rings. The normalized spacial score (nSPS) is 10.4. The van der Waals surface area contributed by atoms with E-state index in [1.807, 2.05) is 48.5 Å². The van der Waals surface area contributed by atoms with Crippen LogP contribution >= 0.6 is 0 Å². The lowest BCUT2D eigenvalue weighted by atomic mass is 10.1. The van der Waals surface area contributed by atoms with E-state index in [1.165, 1.54) is 13.2 Å². The van der Waals surface area contributed by atoms with Crippen molar-refractivity contribution in [2.75, 3.05) is 27.4 Å². The molecule has 0 aliphatic heterocycles. The van der Waals surface area contributed by atoms with E-state index in [9.17, 15) is 4.39 Å². The summed E-state index contributed by atoms with van der Waals surface area (Å²) >= 11 is 0. The largest absolute Gasteiger partial charge is 0.497 e. The van der Waals surface area contributed by atoms with E-state index in [0.717, 1.165) is 22.6 Å². The Kier molecular flexibility index (Phi) is 6.37. The highest BCUT2D eigenvalue weighted by Crippen LogP contribution is 2.28. The van der Waals surface area contributed by atoms with Crippen molar-refractivity contribution in [3.8, 4) is 34.1 Å². The third-order valence-electron chi connectivity index (χ3n) is 4.31. The maximum atomic E-state index is 14.0. The van der Waals surface area contributed by atoms with Crippen molar-refractivity contribution in [2.45, 2.75) is 6.92 Å². The van der Waals surface area contributed by atoms with E-state index in [1.54, 1.807) is 20.1 Å². The molecule has 3 rings (SSSR count). The van der Waals surface area contributed by atoms with E-state index in [0.29, 0.717) is 17.9 Å². The molecule has 0 heterocycles. The standard InChI is InChI=1S/C23H23FO4/c1-16-14-21(26-3)15-22(24)23(16)28-13-12-27-20-10-6-18(7-11-20)17-4-8-19(25-2)9-5-17/h4-11,14-15H,12-13H2,1-3H3. The summed E-state index contributed by atoms with van der Waals surface area (Å²) in [6, 6.07) is 18.7. The maximum Gasteiger partial charge on any atom is 0.169 e. The van der Waals surface area contributed by atoms with Crippen LogP contribution in [0.2, 0.25) is 0 Å². The van der Waals surface area contributed by atoms with E-state index < -0.39 is 5.82 Å². The van der Waals surface area contributed by atoms with Crippen LogP contribution in [0.5, 0.6) is 23.0 Å². The van der Waals surface area contributed by atoms with Gasteiger partial charge in [-0.15, -0.1) is 0 Å². The molecular formula is C23H23FO4. The van der Waals surface area contributed by atoms with Crippen molar-refractivity contribution in [3.05, 3.63) is 72.0 Å². The van der Waals surface area contributed by atoms with Gasteiger partial charge in [0.25, 0.3) is 0 Å². The molecule has 0 atom stereocenters. The fourth-order valence-electron chi connectivity index (χ4n) is 2.83. The summed E-state index contributed by atoms with van der Waals surface area (Å²) in [7, 11) is 3.15. The summed E-state index contributed by atoms with van der Waals surface area (Å²) < 4.78 is 35.5. The highest BCUT2D eigenvalue weighted by molar-refractivity contribution is 5.64. The van der Waals surface area contributed by atoms with Crippen molar-refractivity contribution in [2.24, 2.45) is 0 Å². The van der Waals surface area contributed by atoms with Gasteiger partial charge in [0, 0.05) is 6.07 Å². The molecule has 0 radical (unpaired) electrons. The van der Waals surface area contributed by atoms with Gasteiger partial charge >= 0.3 is 0 Å². The van der Waals surface area contributed by atoms with Gasteiger partial charge in [0.1, 0.15) is 30.5 Å². The van der Waals surface area contributed by atoms with Crippen molar-refractivity contribution in [3.63, 3.8) is 0 Å². The van der Waals surface area contributed by atoms with Gasteiger partial charge in [-0.1, -0.05) is 24.3 Å². The van der Waals surface area contributed by atoms with Gasteiger partial charge in [-0.25, -0.2) is 4.39 Å². The average molecular weight is 382 g/mol. The van der Waals surface area contributed by atoms with Gasteiger partial charge in [-0.2, -0.15) is 0 Å². The molecule has 0 saturated heterocycles. The second kappa shape index (κ2) is 9.13. The Morgan fingerprint density at radius 2 is 1.21 bits per heavy atom. The topological polar surface area (TPSA) is 36.9 Å². The molecule has 0 N–H and O–H groups in total. The van der Waals surface area contributed by atoms with Gasteiger partial charge in [0.05, 0.1) is 14.2 Å². The van der Waals surface area contributed by atoms with Crippen LogP contribution in [0.1, 0.15) is 5.56 Å². The van der Waals surface area contributed by atoms with Gasteiger partial charge in [-0.05, 0) is 53.9 Å². The predicted octanol–water partition coefficient (Wildman–Crippen LogP) is 5.28. The molecule has 0 bridgehead atoms. The first-order valence-electron chi connectivity index (χ1n) is 8.95. The maximum absolute atomic E-state index is 14.0. The SMILES string of the molecule is COc1ccc(-c2ccc(OCCOc3c(C)cc(OC)cc3F)cc2)cc1. The molecule has 0 amide bonds. The molecule has 5 heteroatoms. The van der Waals surface area contributed by atoms with Crippen LogP contribution in [0.15, 0.2) is 60.7 Å². The van der Waals surface area contributed by atoms with Crippen molar-refractivity contribution < 1.29 is 23.3 Å². The third-order valence-corrected chi connectivity index (χ3v) is 4.31. The Balaban J connectivity index is 1.53. The highest BCUT2D eigenvalue weighted by Gasteiger charge is 2.10. The molecule has 0 aliphatic carbocycles. The fraction of sp³-hybridized carbons (Fsp3) is 0.217. The minimum absolute atomic E-state index is 0.222. The van der Waals surface area contributed by atoms with Crippen LogP contribution in [0.4, 0.5) is 4.39 Å². The summed E-state index contributed by atoms with van der Waals surface area (Å²) in [5, 5.41) is 0. The summed E-state index contributed by atoms with van der Waals surface area (Å²) in [6.45, 7) is 2.33. The Labute approximate surface area is 164 Å². The first-order valence-corrected chi connectivity index (χ1v) is 8.95. The minimum atomic E-state index is -0.444. The Bertz CT molecular complexity index is 882. The molecule has 0 spiro atoms. The Morgan fingerprint density at radius 1 is 0.679 bits per heavy atom. The van der Waals surface area contributed by atoms with Gasteiger partial charge in [-0.3, -0.25) is 0 Å². The summed E-state index contributed by atoms with van der Waals surface area (Å²) in [5.74, 6) is 1.80. The molecule has 0 saturated carbocycles. The monoisotopic (exact) mass is 382 g/mol. The first-order chi connectivity index (χ1) is 13.6. The third kappa shape index (κ3) is 4.74. The molecule has 28 heavy (non-hydrogen) atoms. The minimum Gasteiger partial charge on any atom is -0.497 e. The summed E-state index contributed by atoms with van der Waals surface area (Å²) in [5.41, 5.74) is 2.86. The summed E-state index contributed by atoms with van der Waals surface area (Å²) in [6.07, 6.45) is 0. The van der Waals surface area contributed by atoms with Crippen LogP contribution in [0, 0.1) is 12.7 Å². The Morgan fingerprint density at radius 3 is 1.75 bits per heavy atom. The molecule has 3 aromatic rings. The molecule has 0 aromatic heterocycles. The number of ether oxygens (including phenoxy) is 4. The number of hydrogen-bond acceptors (Lipinski definition) is 4. The second-order valence-electron chi connectivity index (χ2n) is 6.21. The van der Waals surface area contributed by atoms with Crippen LogP contribution in [-0.4, -0.2) is 27.4 Å². The quantitative estimate of drug-likeness (QED) is 0.497.